The number of piperidine rings is 1. The molecule has 1 fully saturated rings. The van der Waals surface area contributed by atoms with Crippen molar-refractivity contribution in [2.45, 2.75) is 32.7 Å². The Bertz CT molecular complexity index is 519. The van der Waals surface area contributed by atoms with E-state index in [4.69, 9.17) is 0 Å². The monoisotopic (exact) mass is 309 g/mol. The normalized spacial score (nSPS) is 16.7. The Labute approximate surface area is 129 Å². The smallest absolute Gasteiger partial charge is 0.252 e. The maximum absolute atomic E-state index is 12.3. The molecule has 0 radical (unpaired) electrons. The van der Waals surface area contributed by atoms with E-state index in [-0.39, 0.29) is 17.9 Å². The van der Waals surface area contributed by atoms with Crippen LogP contribution in [0.25, 0.3) is 0 Å². The summed E-state index contributed by atoms with van der Waals surface area (Å²) in [7, 11) is 1.65. The fourth-order valence-electron chi connectivity index (χ4n) is 2.64. The summed E-state index contributed by atoms with van der Waals surface area (Å²) in [5.41, 5.74) is 0.797. The third-order valence-electron chi connectivity index (χ3n) is 3.85. The third-order valence-corrected chi connectivity index (χ3v) is 4.82. The topological polar surface area (TPSA) is 61.4 Å². The van der Waals surface area contributed by atoms with Crippen LogP contribution in [0.2, 0.25) is 0 Å². The number of likely N-dealkylation sites (N-methyl/N-ethyl adjacent to an activating group) is 1. The minimum atomic E-state index is 0.0293. The molecule has 0 unspecified atom stereocenters. The Balaban J connectivity index is 1.82. The van der Waals surface area contributed by atoms with Gasteiger partial charge in [0, 0.05) is 35.9 Å². The average molecular weight is 309 g/mol. The number of rotatable bonds is 4. The zero-order valence-electron chi connectivity index (χ0n) is 12.9. The van der Waals surface area contributed by atoms with E-state index in [0.29, 0.717) is 6.54 Å². The second kappa shape index (κ2) is 7.04. The maximum Gasteiger partial charge on any atom is 0.252 e. The standard InChI is InChI=1S/C15H23N3O2S/c1-10-8-13(11(2)21-10)15(20)17-12-4-6-18(7-5-12)9-14(19)16-3/h8,12H,4-7,9H2,1-3H3,(H,16,19)(H,17,20). The van der Waals surface area contributed by atoms with Gasteiger partial charge in [0.25, 0.3) is 5.91 Å². The van der Waals surface area contributed by atoms with Gasteiger partial charge in [0.05, 0.1) is 12.1 Å². The van der Waals surface area contributed by atoms with Crippen molar-refractivity contribution in [3.8, 4) is 0 Å². The second-order valence-electron chi connectivity index (χ2n) is 5.52. The Kier molecular flexibility index (Phi) is 5.36. The van der Waals surface area contributed by atoms with E-state index < -0.39 is 0 Å². The van der Waals surface area contributed by atoms with Crippen LogP contribution < -0.4 is 10.6 Å². The summed E-state index contributed by atoms with van der Waals surface area (Å²) in [6.07, 6.45) is 1.79. The largest absolute Gasteiger partial charge is 0.358 e. The van der Waals surface area contributed by atoms with Gasteiger partial charge in [0.1, 0.15) is 0 Å². The number of aryl methyl sites for hydroxylation is 2. The highest BCUT2D eigenvalue weighted by Gasteiger charge is 2.23. The number of hydrogen-bond acceptors (Lipinski definition) is 4. The van der Waals surface area contributed by atoms with Gasteiger partial charge in [-0.2, -0.15) is 0 Å². The van der Waals surface area contributed by atoms with E-state index in [1.165, 1.54) is 0 Å². The Morgan fingerprint density at radius 2 is 2.00 bits per heavy atom. The van der Waals surface area contributed by atoms with Crippen molar-refractivity contribution in [2.24, 2.45) is 0 Å². The van der Waals surface area contributed by atoms with E-state index >= 15 is 0 Å². The van der Waals surface area contributed by atoms with Crippen molar-refractivity contribution in [3.63, 3.8) is 0 Å². The lowest BCUT2D eigenvalue weighted by Gasteiger charge is -2.31. The summed E-state index contributed by atoms with van der Waals surface area (Å²) in [6, 6.07) is 2.16. The fraction of sp³-hybridized carbons (Fsp3) is 0.600. The molecule has 1 saturated heterocycles. The molecular weight excluding hydrogens is 286 g/mol. The SMILES string of the molecule is CNC(=O)CN1CCC(NC(=O)c2cc(C)sc2C)CC1. The lowest BCUT2D eigenvalue weighted by molar-refractivity contribution is -0.122. The van der Waals surface area contributed by atoms with Gasteiger partial charge >= 0.3 is 0 Å². The number of thiophene rings is 1. The summed E-state index contributed by atoms with van der Waals surface area (Å²) >= 11 is 1.66. The summed E-state index contributed by atoms with van der Waals surface area (Å²) < 4.78 is 0. The molecule has 2 amide bonds. The minimum absolute atomic E-state index is 0.0293. The maximum atomic E-state index is 12.3. The molecule has 0 aliphatic carbocycles. The average Bonchev–Trinajstić information content (AvgIpc) is 2.80. The highest BCUT2D eigenvalue weighted by molar-refractivity contribution is 7.12. The zero-order valence-corrected chi connectivity index (χ0v) is 13.7. The molecular formula is C15H23N3O2S. The first-order valence-corrected chi connectivity index (χ1v) is 8.12. The van der Waals surface area contributed by atoms with Gasteiger partial charge < -0.3 is 10.6 Å². The Morgan fingerprint density at radius 1 is 1.33 bits per heavy atom. The van der Waals surface area contributed by atoms with Gasteiger partial charge in [-0.3, -0.25) is 14.5 Å². The molecule has 116 valence electrons. The molecule has 0 bridgehead atoms. The van der Waals surface area contributed by atoms with Gasteiger partial charge in [-0.1, -0.05) is 0 Å². The van der Waals surface area contributed by atoms with Crippen LogP contribution in [-0.4, -0.2) is 49.4 Å². The van der Waals surface area contributed by atoms with Gasteiger partial charge in [0.15, 0.2) is 0 Å². The highest BCUT2D eigenvalue weighted by Crippen LogP contribution is 2.21. The predicted octanol–water partition coefficient (Wildman–Crippen LogP) is 1.31. The molecule has 1 aromatic heterocycles. The van der Waals surface area contributed by atoms with Crippen molar-refractivity contribution in [1.29, 1.82) is 0 Å². The lowest BCUT2D eigenvalue weighted by atomic mass is 10.0. The molecule has 21 heavy (non-hydrogen) atoms. The van der Waals surface area contributed by atoms with E-state index in [1.807, 2.05) is 19.9 Å². The molecule has 5 nitrogen and oxygen atoms in total. The van der Waals surface area contributed by atoms with Crippen LogP contribution in [0.4, 0.5) is 0 Å². The van der Waals surface area contributed by atoms with Gasteiger partial charge in [-0.25, -0.2) is 0 Å². The molecule has 1 aromatic rings. The van der Waals surface area contributed by atoms with Crippen LogP contribution in [0.15, 0.2) is 6.07 Å². The van der Waals surface area contributed by atoms with E-state index in [2.05, 4.69) is 15.5 Å². The predicted molar refractivity (Wildman–Crippen MR) is 84.8 cm³/mol. The van der Waals surface area contributed by atoms with Crippen LogP contribution in [0, 0.1) is 13.8 Å². The van der Waals surface area contributed by atoms with Crippen LogP contribution in [0.5, 0.6) is 0 Å². The van der Waals surface area contributed by atoms with Crippen LogP contribution >= 0.6 is 11.3 Å². The van der Waals surface area contributed by atoms with Crippen molar-refractivity contribution >= 4 is 23.2 Å². The molecule has 6 heteroatoms. The first kappa shape index (κ1) is 16.0. The van der Waals surface area contributed by atoms with Gasteiger partial charge in [-0.05, 0) is 32.8 Å². The van der Waals surface area contributed by atoms with Crippen molar-refractivity contribution in [3.05, 3.63) is 21.4 Å². The molecule has 2 N–H and O–H groups in total. The van der Waals surface area contributed by atoms with Crippen LogP contribution in [-0.2, 0) is 4.79 Å². The van der Waals surface area contributed by atoms with E-state index in [1.54, 1.807) is 18.4 Å². The van der Waals surface area contributed by atoms with Crippen molar-refractivity contribution in [2.75, 3.05) is 26.7 Å². The van der Waals surface area contributed by atoms with Gasteiger partial charge in [0.2, 0.25) is 5.91 Å². The molecule has 0 atom stereocenters. The number of carbonyl (C=O) groups is 2. The quantitative estimate of drug-likeness (QED) is 0.881. The third kappa shape index (κ3) is 4.28. The second-order valence-corrected chi connectivity index (χ2v) is 6.98. The van der Waals surface area contributed by atoms with Crippen molar-refractivity contribution in [1.82, 2.24) is 15.5 Å². The summed E-state index contributed by atoms with van der Waals surface area (Å²) in [4.78, 5) is 28.0. The fourth-order valence-corrected chi connectivity index (χ4v) is 3.56. The number of nitrogens with zero attached hydrogens (tertiary/aromatic N) is 1. The van der Waals surface area contributed by atoms with E-state index in [0.717, 1.165) is 41.2 Å². The van der Waals surface area contributed by atoms with E-state index in [9.17, 15) is 9.59 Å². The highest BCUT2D eigenvalue weighted by atomic mass is 32.1. The first-order chi connectivity index (χ1) is 9.99. The Hall–Kier alpha value is -1.40. The van der Waals surface area contributed by atoms with Crippen molar-refractivity contribution < 1.29 is 9.59 Å². The summed E-state index contributed by atoms with van der Waals surface area (Å²) in [6.45, 7) is 6.14. The molecule has 1 aliphatic heterocycles. The number of nitrogens with one attached hydrogen (secondary N) is 2. The summed E-state index contributed by atoms with van der Waals surface area (Å²) in [5.74, 6) is 0.0726. The molecule has 0 aromatic carbocycles. The molecule has 1 aliphatic rings. The molecule has 0 spiro atoms. The molecule has 2 rings (SSSR count). The lowest BCUT2D eigenvalue weighted by Crippen LogP contribution is -2.47. The zero-order chi connectivity index (χ0) is 15.4. The summed E-state index contributed by atoms with van der Waals surface area (Å²) in [5, 5.41) is 5.75. The number of carbonyl (C=O) groups excluding carboxylic acids is 2. The van der Waals surface area contributed by atoms with Gasteiger partial charge in [-0.15, -0.1) is 11.3 Å². The Morgan fingerprint density at radius 3 is 2.52 bits per heavy atom. The molecule has 0 saturated carbocycles. The number of amides is 2. The molecule has 2 heterocycles. The first-order valence-electron chi connectivity index (χ1n) is 7.30. The van der Waals surface area contributed by atoms with Crippen LogP contribution in [0.1, 0.15) is 33.0 Å². The minimum Gasteiger partial charge on any atom is -0.358 e. The van der Waals surface area contributed by atoms with Crippen LogP contribution in [0.3, 0.4) is 0 Å². The number of hydrogen-bond donors (Lipinski definition) is 2. The number of likely N-dealkylation sites (tertiary alicyclic amines) is 1.